The quantitative estimate of drug-likeness (QED) is 0.694. The predicted molar refractivity (Wildman–Crippen MR) is 103 cm³/mol. The molecule has 1 aromatic rings. The van der Waals surface area contributed by atoms with Crippen molar-refractivity contribution in [1.29, 1.82) is 0 Å². The van der Waals surface area contributed by atoms with Crippen LogP contribution >= 0.6 is 0 Å². The highest BCUT2D eigenvalue weighted by molar-refractivity contribution is 7.91. The van der Waals surface area contributed by atoms with Gasteiger partial charge in [0.2, 0.25) is 0 Å². The van der Waals surface area contributed by atoms with Gasteiger partial charge in [-0.25, -0.2) is 8.42 Å². The van der Waals surface area contributed by atoms with Crippen LogP contribution < -0.4 is 4.74 Å². The minimum absolute atomic E-state index is 0.0569. The van der Waals surface area contributed by atoms with Crippen molar-refractivity contribution in [2.45, 2.75) is 58.0 Å². The Hall–Kier alpha value is -1.89. The summed E-state index contributed by atoms with van der Waals surface area (Å²) in [4.78, 5) is 25.8. The fraction of sp³-hybridized carbons (Fsp3) is 0.600. The lowest BCUT2D eigenvalue weighted by molar-refractivity contribution is -0.137. The highest BCUT2D eigenvalue weighted by Gasteiger charge is 2.39. The van der Waals surface area contributed by atoms with Gasteiger partial charge in [0.05, 0.1) is 11.5 Å². The molecule has 1 aliphatic heterocycles. The molecule has 0 spiro atoms. The summed E-state index contributed by atoms with van der Waals surface area (Å²) < 4.78 is 29.7. The monoisotopic (exact) mass is 393 g/mol. The Morgan fingerprint density at radius 3 is 2.30 bits per heavy atom. The smallest absolute Gasteiger partial charge is 0.261 e. The molecule has 0 N–H and O–H groups in total. The SMILES string of the molecule is Cc1cc(C=O)cc(C)c1OCC(=O)N(C1CCCC1)C1CCS(=O)(=O)C1. The maximum atomic E-state index is 13.0. The van der Waals surface area contributed by atoms with E-state index in [1.165, 1.54) is 0 Å². The molecule has 1 amide bonds. The van der Waals surface area contributed by atoms with Crippen LogP contribution in [0.15, 0.2) is 12.1 Å². The van der Waals surface area contributed by atoms with Crippen LogP contribution in [-0.2, 0) is 14.6 Å². The van der Waals surface area contributed by atoms with Crippen LogP contribution in [-0.4, -0.2) is 55.7 Å². The van der Waals surface area contributed by atoms with Gasteiger partial charge in [-0.3, -0.25) is 9.59 Å². The van der Waals surface area contributed by atoms with E-state index in [2.05, 4.69) is 0 Å². The molecule has 27 heavy (non-hydrogen) atoms. The van der Waals surface area contributed by atoms with E-state index in [0.29, 0.717) is 17.7 Å². The number of hydrogen-bond donors (Lipinski definition) is 0. The van der Waals surface area contributed by atoms with Crippen LogP contribution in [0.4, 0.5) is 0 Å². The number of ether oxygens (including phenoxy) is 1. The van der Waals surface area contributed by atoms with Gasteiger partial charge in [0, 0.05) is 17.6 Å². The van der Waals surface area contributed by atoms with Gasteiger partial charge < -0.3 is 9.64 Å². The number of hydrogen-bond acceptors (Lipinski definition) is 5. The van der Waals surface area contributed by atoms with Gasteiger partial charge >= 0.3 is 0 Å². The molecule has 0 radical (unpaired) electrons. The molecular formula is C20H27NO5S. The van der Waals surface area contributed by atoms with Crippen LogP contribution in [0.2, 0.25) is 0 Å². The molecule has 1 atom stereocenters. The summed E-state index contributed by atoms with van der Waals surface area (Å²) in [6.45, 7) is 3.57. The first kappa shape index (κ1) is 19.9. The Morgan fingerprint density at radius 2 is 1.78 bits per heavy atom. The molecule has 0 aromatic heterocycles. The van der Waals surface area contributed by atoms with Crippen molar-refractivity contribution in [2.75, 3.05) is 18.1 Å². The third-order valence-corrected chi connectivity index (χ3v) is 7.32. The standard InChI is InChI=1S/C20H27NO5S/c1-14-9-16(11-22)10-15(2)20(14)26-12-19(23)21(17-5-3-4-6-17)18-7-8-27(24,25)13-18/h9-11,17-18H,3-8,12-13H2,1-2H3. The first-order chi connectivity index (χ1) is 12.8. The Balaban J connectivity index is 1.74. The van der Waals surface area contributed by atoms with Crippen LogP contribution in [0.25, 0.3) is 0 Å². The minimum atomic E-state index is -3.06. The molecule has 148 valence electrons. The summed E-state index contributed by atoms with van der Waals surface area (Å²) >= 11 is 0. The molecule has 3 rings (SSSR count). The Bertz CT molecular complexity index is 804. The van der Waals surface area contributed by atoms with Crippen molar-refractivity contribution in [3.05, 3.63) is 28.8 Å². The zero-order chi connectivity index (χ0) is 19.6. The third kappa shape index (κ3) is 4.51. The fourth-order valence-electron chi connectivity index (χ4n) is 4.37. The number of carbonyl (C=O) groups is 2. The normalized spacial score (nSPS) is 21.9. The Labute approximate surface area is 160 Å². The number of nitrogens with zero attached hydrogens (tertiary/aromatic N) is 1. The summed E-state index contributed by atoms with van der Waals surface area (Å²) in [5.74, 6) is 0.670. The summed E-state index contributed by atoms with van der Waals surface area (Å²) in [5, 5.41) is 0. The van der Waals surface area contributed by atoms with E-state index in [0.717, 1.165) is 43.1 Å². The van der Waals surface area contributed by atoms with Gasteiger partial charge in [0.15, 0.2) is 16.4 Å². The van der Waals surface area contributed by atoms with Gasteiger partial charge in [-0.2, -0.15) is 0 Å². The van der Waals surface area contributed by atoms with Crippen LogP contribution in [0.3, 0.4) is 0 Å². The summed E-state index contributed by atoms with van der Waals surface area (Å²) in [7, 11) is -3.06. The topological polar surface area (TPSA) is 80.8 Å². The van der Waals surface area contributed by atoms with Crippen molar-refractivity contribution in [3.8, 4) is 5.75 Å². The summed E-state index contributed by atoms with van der Waals surface area (Å²) in [6.07, 6.45) is 5.29. The van der Waals surface area contributed by atoms with Crippen LogP contribution in [0, 0.1) is 13.8 Å². The molecule has 1 saturated heterocycles. The van der Waals surface area contributed by atoms with Crippen molar-refractivity contribution in [3.63, 3.8) is 0 Å². The van der Waals surface area contributed by atoms with Gasteiger partial charge in [-0.15, -0.1) is 0 Å². The predicted octanol–water partition coefficient (Wildman–Crippen LogP) is 2.45. The van der Waals surface area contributed by atoms with Crippen molar-refractivity contribution >= 4 is 22.0 Å². The largest absolute Gasteiger partial charge is 0.483 e. The lowest BCUT2D eigenvalue weighted by atomic mass is 10.1. The maximum Gasteiger partial charge on any atom is 0.261 e. The molecular weight excluding hydrogens is 366 g/mol. The van der Waals surface area contributed by atoms with Gasteiger partial charge in [0.25, 0.3) is 5.91 Å². The molecule has 0 bridgehead atoms. The van der Waals surface area contributed by atoms with Gasteiger partial charge in [-0.05, 0) is 56.4 Å². The number of aldehydes is 1. The fourth-order valence-corrected chi connectivity index (χ4v) is 6.08. The molecule has 1 saturated carbocycles. The number of carbonyl (C=O) groups excluding carboxylic acids is 2. The maximum absolute atomic E-state index is 13.0. The third-order valence-electron chi connectivity index (χ3n) is 5.57. The number of aryl methyl sites for hydroxylation is 2. The van der Waals surface area contributed by atoms with E-state index in [-0.39, 0.29) is 36.1 Å². The van der Waals surface area contributed by atoms with Crippen LogP contribution in [0.5, 0.6) is 5.75 Å². The van der Waals surface area contributed by atoms with Crippen molar-refractivity contribution in [1.82, 2.24) is 4.90 Å². The highest BCUT2D eigenvalue weighted by Crippen LogP contribution is 2.30. The second-order valence-corrected chi connectivity index (χ2v) is 9.92. The number of sulfone groups is 1. The van der Waals surface area contributed by atoms with E-state index < -0.39 is 9.84 Å². The Kier molecular flexibility index (Phi) is 5.89. The van der Waals surface area contributed by atoms with E-state index >= 15 is 0 Å². The average Bonchev–Trinajstić information content (AvgIpc) is 3.24. The first-order valence-electron chi connectivity index (χ1n) is 9.51. The van der Waals surface area contributed by atoms with Gasteiger partial charge in [0.1, 0.15) is 12.0 Å². The number of rotatable bonds is 6. The van der Waals surface area contributed by atoms with Crippen molar-refractivity contribution < 1.29 is 22.7 Å². The minimum Gasteiger partial charge on any atom is -0.483 e. The zero-order valence-corrected chi connectivity index (χ0v) is 16.8. The van der Waals surface area contributed by atoms with E-state index in [1.54, 1.807) is 17.0 Å². The number of benzene rings is 1. The number of amides is 1. The second-order valence-electron chi connectivity index (χ2n) is 7.69. The summed E-state index contributed by atoms with van der Waals surface area (Å²) in [5.41, 5.74) is 2.19. The highest BCUT2D eigenvalue weighted by atomic mass is 32.2. The molecule has 6 nitrogen and oxygen atoms in total. The van der Waals surface area contributed by atoms with Gasteiger partial charge in [-0.1, -0.05) is 12.8 Å². The Morgan fingerprint density at radius 1 is 1.15 bits per heavy atom. The van der Waals surface area contributed by atoms with E-state index in [1.807, 2.05) is 13.8 Å². The molecule has 1 aliphatic carbocycles. The lowest BCUT2D eigenvalue weighted by Gasteiger charge is -2.34. The van der Waals surface area contributed by atoms with Crippen molar-refractivity contribution in [2.24, 2.45) is 0 Å². The van der Waals surface area contributed by atoms with E-state index in [9.17, 15) is 18.0 Å². The molecule has 1 heterocycles. The molecule has 7 heteroatoms. The first-order valence-corrected chi connectivity index (χ1v) is 11.3. The molecule has 2 aliphatic rings. The lowest BCUT2D eigenvalue weighted by Crippen LogP contribution is -2.48. The average molecular weight is 394 g/mol. The molecule has 2 fully saturated rings. The molecule has 1 unspecified atom stereocenters. The molecule has 1 aromatic carbocycles. The summed E-state index contributed by atoms with van der Waals surface area (Å²) in [6, 6.07) is 3.34. The second kappa shape index (κ2) is 8.00. The zero-order valence-electron chi connectivity index (χ0n) is 15.9. The van der Waals surface area contributed by atoms with E-state index in [4.69, 9.17) is 4.74 Å². The van der Waals surface area contributed by atoms with Crippen LogP contribution in [0.1, 0.15) is 53.6 Å².